The van der Waals surface area contributed by atoms with Crippen molar-refractivity contribution in [2.24, 2.45) is 0 Å². The first-order valence-corrected chi connectivity index (χ1v) is 12.1. The van der Waals surface area contributed by atoms with E-state index in [-0.39, 0.29) is 37.7 Å². The molecule has 2 aliphatic heterocycles. The summed E-state index contributed by atoms with van der Waals surface area (Å²) in [6, 6.07) is 4.06. The molecule has 174 valence electrons. The van der Waals surface area contributed by atoms with E-state index in [1.807, 2.05) is 27.3 Å². The summed E-state index contributed by atoms with van der Waals surface area (Å²) >= 11 is 1.85. The lowest BCUT2D eigenvalue weighted by molar-refractivity contribution is -0.179. The zero-order chi connectivity index (χ0) is 23.1. The van der Waals surface area contributed by atoms with Gasteiger partial charge in [-0.15, -0.1) is 0 Å². The van der Waals surface area contributed by atoms with Crippen molar-refractivity contribution in [3.05, 3.63) is 51.1 Å². The topological polar surface area (TPSA) is 79.9 Å². The Morgan fingerprint density at radius 1 is 0.938 bits per heavy atom. The second-order valence-corrected chi connectivity index (χ2v) is 10.2. The molecule has 2 fully saturated rings. The summed E-state index contributed by atoms with van der Waals surface area (Å²) in [7, 11) is -4.36. The first kappa shape index (κ1) is 23.5. The van der Waals surface area contributed by atoms with E-state index in [0.717, 1.165) is 10.4 Å². The highest BCUT2D eigenvalue weighted by atomic mass is 127. The van der Waals surface area contributed by atoms with Gasteiger partial charge in [0, 0.05) is 35.6 Å². The molecule has 2 saturated heterocycles. The Bertz CT molecular complexity index is 1140. The summed E-state index contributed by atoms with van der Waals surface area (Å²) in [5.74, 6) is -6.14. The van der Waals surface area contributed by atoms with Crippen molar-refractivity contribution in [1.82, 2.24) is 4.31 Å². The SMILES string of the molecule is O=S(=O)(Nc1c(F)cc(F)c(F)c1Nc1ccc(I)cc1F)N1CCC2(CC1)OCCO2. The average molecular weight is 587 g/mol. The van der Waals surface area contributed by atoms with Gasteiger partial charge in [0.2, 0.25) is 0 Å². The molecule has 0 radical (unpaired) electrons. The highest BCUT2D eigenvalue weighted by Gasteiger charge is 2.42. The first-order valence-electron chi connectivity index (χ1n) is 9.56. The zero-order valence-corrected chi connectivity index (χ0v) is 19.4. The number of hydrogen-bond donors (Lipinski definition) is 2. The van der Waals surface area contributed by atoms with Crippen molar-refractivity contribution < 1.29 is 35.5 Å². The van der Waals surface area contributed by atoms with Crippen LogP contribution in [-0.2, 0) is 19.7 Å². The lowest BCUT2D eigenvalue weighted by Crippen LogP contribution is -2.48. The number of rotatable bonds is 5. The van der Waals surface area contributed by atoms with Crippen LogP contribution in [0.15, 0.2) is 24.3 Å². The van der Waals surface area contributed by atoms with Crippen LogP contribution in [0.5, 0.6) is 0 Å². The quantitative estimate of drug-likeness (QED) is 0.313. The maximum atomic E-state index is 14.6. The maximum Gasteiger partial charge on any atom is 0.301 e. The number of nitrogens with zero attached hydrogens (tertiary/aromatic N) is 1. The Hall–Kier alpha value is -1.68. The lowest BCUT2D eigenvalue weighted by Gasteiger charge is -2.36. The molecule has 0 bridgehead atoms. The second kappa shape index (κ2) is 8.93. The van der Waals surface area contributed by atoms with Gasteiger partial charge in [-0.25, -0.2) is 17.6 Å². The van der Waals surface area contributed by atoms with Gasteiger partial charge < -0.3 is 14.8 Å². The van der Waals surface area contributed by atoms with Gasteiger partial charge >= 0.3 is 10.2 Å². The van der Waals surface area contributed by atoms with E-state index in [4.69, 9.17) is 9.47 Å². The summed E-state index contributed by atoms with van der Waals surface area (Å²) in [6.45, 7) is 0.842. The largest absolute Gasteiger partial charge is 0.349 e. The summed E-state index contributed by atoms with van der Waals surface area (Å²) < 4.78 is 97.6. The van der Waals surface area contributed by atoms with Crippen molar-refractivity contribution in [2.75, 3.05) is 36.3 Å². The molecule has 2 aliphatic rings. The minimum atomic E-state index is -4.36. The monoisotopic (exact) mass is 587 g/mol. The van der Waals surface area contributed by atoms with Gasteiger partial charge in [-0.3, -0.25) is 4.72 Å². The number of piperidine rings is 1. The predicted molar refractivity (Wildman–Crippen MR) is 117 cm³/mol. The van der Waals surface area contributed by atoms with E-state index in [9.17, 15) is 26.0 Å². The number of halogens is 5. The molecule has 0 atom stereocenters. The van der Waals surface area contributed by atoms with Crippen LogP contribution >= 0.6 is 22.6 Å². The van der Waals surface area contributed by atoms with Gasteiger partial charge in [0.05, 0.1) is 18.9 Å². The van der Waals surface area contributed by atoms with Crippen LogP contribution in [0.25, 0.3) is 0 Å². The Morgan fingerprint density at radius 2 is 1.59 bits per heavy atom. The Morgan fingerprint density at radius 3 is 2.22 bits per heavy atom. The fourth-order valence-electron chi connectivity index (χ4n) is 3.58. The summed E-state index contributed by atoms with van der Waals surface area (Å²) in [6.07, 6.45) is 0.514. The van der Waals surface area contributed by atoms with Crippen LogP contribution < -0.4 is 10.0 Å². The Kier molecular flexibility index (Phi) is 6.55. The molecular formula is C19H18F4IN3O4S. The standard InChI is InChI=1S/C19H18F4IN3O4S/c20-12-9-11(24)1-2-15(12)25-18-16(23)13(21)10-14(22)17(18)26-32(28,29)27-5-3-19(4-6-27)30-7-8-31-19/h1-2,9-10,25-26H,3-8H2. The van der Waals surface area contributed by atoms with Crippen LogP contribution in [0.4, 0.5) is 34.6 Å². The third-order valence-corrected chi connectivity index (χ3v) is 7.41. The van der Waals surface area contributed by atoms with Crippen LogP contribution in [0.3, 0.4) is 0 Å². The highest BCUT2D eigenvalue weighted by Crippen LogP contribution is 2.36. The lowest BCUT2D eigenvalue weighted by atomic mass is 10.1. The van der Waals surface area contributed by atoms with Crippen molar-refractivity contribution >= 4 is 49.9 Å². The minimum Gasteiger partial charge on any atom is -0.349 e. The molecule has 32 heavy (non-hydrogen) atoms. The van der Waals surface area contributed by atoms with Crippen LogP contribution in [0.1, 0.15) is 12.8 Å². The normalized spacial score (nSPS) is 18.8. The van der Waals surface area contributed by atoms with E-state index < -0.39 is 50.6 Å². The molecule has 2 aromatic rings. The molecule has 7 nitrogen and oxygen atoms in total. The van der Waals surface area contributed by atoms with E-state index in [0.29, 0.717) is 16.8 Å². The zero-order valence-electron chi connectivity index (χ0n) is 16.4. The van der Waals surface area contributed by atoms with Gasteiger partial charge in [-0.1, -0.05) is 0 Å². The number of hydrogen-bond acceptors (Lipinski definition) is 5. The Balaban J connectivity index is 1.62. The maximum absolute atomic E-state index is 14.6. The van der Waals surface area contributed by atoms with Crippen molar-refractivity contribution in [1.29, 1.82) is 0 Å². The molecule has 2 aromatic carbocycles. The molecule has 0 aliphatic carbocycles. The third kappa shape index (κ3) is 4.66. The fraction of sp³-hybridized carbons (Fsp3) is 0.368. The van der Waals surface area contributed by atoms with E-state index in [1.54, 1.807) is 0 Å². The summed E-state index contributed by atoms with van der Waals surface area (Å²) in [5, 5.41) is 2.26. The predicted octanol–water partition coefficient (Wildman–Crippen LogP) is 4.09. The highest BCUT2D eigenvalue weighted by molar-refractivity contribution is 14.1. The molecule has 0 unspecified atom stereocenters. The molecule has 13 heteroatoms. The van der Waals surface area contributed by atoms with Crippen LogP contribution in [-0.4, -0.2) is 44.8 Å². The molecule has 1 spiro atoms. The van der Waals surface area contributed by atoms with Crippen molar-refractivity contribution in [3.8, 4) is 0 Å². The number of anilines is 3. The molecule has 0 amide bonds. The van der Waals surface area contributed by atoms with Gasteiger partial charge in [-0.05, 0) is 40.8 Å². The smallest absolute Gasteiger partial charge is 0.301 e. The average Bonchev–Trinajstić information content (AvgIpc) is 3.18. The molecule has 0 aromatic heterocycles. The van der Waals surface area contributed by atoms with Crippen LogP contribution in [0, 0.1) is 26.8 Å². The number of ether oxygens (including phenoxy) is 2. The second-order valence-electron chi connectivity index (χ2n) is 7.27. The number of benzene rings is 2. The number of nitrogens with one attached hydrogen (secondary N) is 2. The van der Waals surface area contributed by atoms with E-state index in [1.165, 1.54) is 12.1 Å². The molecule has 2 N–H and O–H groups in total. The first-order chi connectivity index (χ1) is 15.1. The van der Waals surface area contributed by atoms with Crippen molar-refractivity contribution in [2.45, 2.75) is 18.6 Å². The summed E-state index contributed by atoms with van der Waals surface area (Å²) in [5.41, 5.74) is -2.03. The van der Waals surface area contributed by atoms with Gasteiger partial charge in [-0.2, -0.15) is 12.7 Å². The molecule has 0 saturated carbocycles. The third-order valence-electron chi connectivity index (χ3n) is 5.23. The van der Waals surface area contributed by atoms with Gasteiger partial charge in [0.25, 0.3) is 0 Å². The molecule has 4 rings (SSSR count). The minimum absolute atomic E-state index is 0.00907. The molecule has 2 heterocycles. The van der Waals surface area contributed by atoms with E-state index >= 15 is 0 Å². The van der Waals surface area contributed by atoms with E-state index in [2.05, 4.69) is 5.32 Å². The van der Waals surface area contributed by atoms with Crippen molar-refractivity contribution in [3.63, 3.8) is 0 Å². The van der Waals surface area contributed by atoms with Gasteiger partial charge in [0.1, 0.15) is 17.2 Å². The van der Waals surface area contributed by atoms with Gasteiger partial charge in [0.15, 0.2) is 23.2 Å². The fourth-order valence-corrected chi connectivity index (χ4v) is 5.29. The van der Waals surface area contributed by atoms with Crippen LogP contribution in [0.2, 0.25) is 0 Å². The molecular weight excluding hydrogens is 569 g/mol. The Labute approximate surface area is 195 Å². The summed E-state index contributed by atoms with van der Waals surface area (Å²) in [4.78, 5) is 0.